The molecule has 3 heteroatoms. The maximum absolute atomic E-state index is 10.2. The average molecular weight is 282 g/mol. The van der Waals surface area contributed by atoms with E-state index >= 15 is 0 Å². The smallest absolute Gasteiger partial charge is 0.0802 e. The predicted molar refractivity (Wildman–Crippen MR) is 80.5 cm³/mol. The van der Waals surface area contributed by atoms with Crippen LogP contribution in [0.3, 0.4) is 0 Å². The summed E-state index contributed by atoms with van der Waals surface area (Å²) in [6.45, 7) is 5.62. The summed E-state index contributed by atoms with van der Waals surface area (Å²) < 4.78 is 0. The molecule has 1 aromatic rings. The highest BCUT2D eigenvalue weighted by Crippen LogP contribution is 2.23. The molecule has 1 unspecified atom stereocenters. The van der Waals surface area contributed by atoms with Gasteiger partial charge >= 0.3 is 0 Å². The Kier molecular flexibility index (Phi) is 5.68. The summed E-state index contributed by atoms with van der Waals surface area (Å²) in [4.78, 5) is 2.47. The lowest BCUT2D eigenvalue weighted by molar-refractivity contribution is 0.122. The van der Waals surface area contributed by atoms with Gasteiger partial charge in [0.1, 0.15) is 0 Å². The normalized spacial score (nSPS) is 19.5. The highest BCUT2D eigenvalue weighted by molar-refractivity contribution is 6.30. The second kappa shape index (κ2) is 7.28. The van der Waals surface area contributed by atoms with Gasteiger partial charge in [0.05, 0.1) is 6.10 Å². The molecule has 106 valence electrons. The van der Waals surface area contributed by atoms with Gasteiger partial charge in [0.15, 0.2) is 0 Å². The van der Waals surface area contributed by atoms with E-state index in [4.69, 9.17) is 11.6 Å². The number of aliphatic hydroxyl groups excluding tert-OH is 1. The van der Waals surface area contributed by atoms with Crippen molar-refractivity contribution in [2.45, 2.75) is 38.7 Å². The molecule has 1 atom stereocenters. The summed E-state index contributed by atoms with van der Waals surface area (Å²) in [5.74, 6) is 0.911. The van der Waals surface area contributed by atoms with Crippen LogP contribution in [0.15, 0.2) is 24.3 Å². The predicted octanol–water partition coefficient (Wildman–Crippen LogP) is 3.89. The molecule has 1 aliphatic heterocycles. The van der Waals surface area contributed by atoms with Crippen molar-refractivity contribution < 1.29 is 5.11 Å². The molecule has 19 heavy (non-hydrogen) atoms. The van der Waals surface area contributed by atoms with Crippen LogP contribution in [0.25, 0.3) is 0 Å². The summed E-state index contributed by atoms with van der Waals surface area (Å²) in [7, 11) is 0. The number of likely N-dealkylation sites (tertiary alicyclic amines) is 1. The van der Waals surface area contributed by atoms with Gasteiger partial charge in [0, 0.05) is 11.6 Å². The number of aliphatic hydroxyl groups is 1. The van der Waals surface area contributed by atoms with Gasteiger partial charge in [-0.15, -0.1) is 0 Å². The average Bonchev–Trinajstić information content (AvgIpc) is 2.45. The zero-order valence-electron chi connectivity index (χ0n) is 11.7. The Labute approximate surface area is 121 Å². The van der Waals surface area contributed by atoms with Gasteiger partial charge in [-0.2, -0.15) is 0 Å². The third-order valence-electron chi connectivity index (χ3n) is 4.24. The second-order valence-corrected chi connectivity index (χ2v) is 5.99. The molecule has 0 spiro atoms. The van der Waals surface area contributed by atoms with Crippen LogP contribution >= 0.6 is 11.6 Å². The van der Waals surface area contributed by atoms with Gasteiger partial charge in [-0.25, -0.2) is 0 Å². The Morgan fingerprint density at radius 2 is 2.11 bits per heavy atom. The third kappa shape index (κ3) is 4.48. The fraction of sp³-hybridized carbons (Fsp3) is 0.625. The van der Waals surface area contributed by atoms with E-state index < -0.39 is 6.10 Å². The van der Waals surface area contributed by atoms with Crippen LogP contribution in [0.1, 0.15) is 44.3 Å². The van der Waals surface area contributed by atoms with E-state index in [1.54, 1.807) is 0 Å². The molecule has 0 saturated carbocycles. The monoisotopic (exact) mass is 281 g/mol. The molecule has 0 aliphatic carbocycles. The lowest BCUT2D eigenvalue weighted by atomic mass is 9.94. The van der Waals surface area contributed by atoms with E-state index in [1.165, 1.54) is 32.4 Å². The van der Waals surface area contributed by atoms with Crippen LogP contribution in [-0.4, -0.2) is 29.6 Å². The van der Waals surface area contributed by atoms with Crippen LogP contribution in [-0.2, 0) is 0 Å². The molecule has 0 radical (unpaired) electrons. The number of hydrogen-bond acceptors (Lipinski definition) is 2. The topological polar surface area (TPSA) is 23.5 Å². The van der Waals surface area contributed by atoms with Crippen molar-refractivity contribution in [3.05, 3.63) is 34.9 Å². The molecule has 1 N–H and O–H groups in total. The Hall–Kier alpha value is -0.570. The minimum atomic E-state index is -0.400. The van der Waals surface area contributed by atoms with Gasteiger partial charge < -0.3 is 10.0 Å². The van der Waals surface area contributed by atoms with Crippen molar-refractivity contribution in [1.82, 2.24) is 4.90 Å². The number of halogens is 1. The molecule has 1 fully saturated rings. The van der Waals surface area contributed by atoms with E-state index in [0.29, 0.717) is 5.02 Å². The highest BCUT2D eigenvalue weighted by Gasteiger charge is 2.18. The quantitative estimate of drug-likeness (QED) is 0.885. The minimum absolute atomic E-state index is 0.400. The Morgan fingerprint density at radius 3 is 2.74 bits per heavy atom. The van der Waals surface area contributed by atoms with Crippen LogP contribution in [0.2, 0.25) is 5.02 Å². The molecule has 2 rings (SSSR count). The van der Waals surface area contributed by atoms with Crippen molar-refractivity contribution in [3.8, 4) is 0 Å². The number of rotatable bonds is 5. The van der Waals surface area contributed by atoms with Crippen LogP contribution in [0.4, 0.5) is 0 Å². The fourth-order valence-corrected chi connectivity index (χ4v) is 3.00. The molecule has 1 heterocycles. The van der Waals surface area contributed by atoms with E-state index in [0.717, 1.165) is 24.4 Å². The first-order chi connectivity index (χ1) is 9.19. The van der Waals surface area contributed by atoms with Gasteiger partial charge in [0.25, 0.3) is 0 Å². The lowest BCUT2D eigenvalue weighted by Gasteiger charge is -2.31. The maximum atomic E-state index is 10.2. The van der Waals surface area contributed by atoms with Crippen LogP contribution < -0.4 is 0 Å². The molecule has 1 saturated heterocycles. The molecular weight excluding hydrogens is 258 g/mol. The minimum Gasteiger partial charge on any atom is -0.388 e. The molecular formula is C16H24ClNO. The standard InChI is InChI=1S/C16H24ClNO/c1-2-13-6-9-18(10-7-13)11-8-16(19)14-4-3-5-15(17)12-14/h3-5,12-13,16,19H,2,6-11H2,1H3. The van der Waals surface area contributed by atoms with Gasteiger partial charge in [0.2, 0.25) is 0 Å². The largest absolute Gasteiger partial charge is 0.388 e. The van der Waals surface area contributed by atoms with E-state index in [1.807, 2.05) is 24.3 Å². The van der Waals surface area contributed by atoms with Gasteiger partial charge in [-0.3, -0.25) is 0 Å². The second-order valence-electron chi connectivity index (χ2n) is 5.55. The number of benzene rings is 1. The van der Waals surface area contributed by atoms with Crippen LogP contribution in [0, 0.1) is 5.92 Å². The van der Waals surface area contributed by atoms with E-state index in [2.05, 4.69) is 11.8 Å². The molecule has 2 nitrogen and oxygen atoms in total. The fourth-order valence-electron chi connectivity index (χ4n) is 2.80. The zero-order chi connectivity index (χ0) is 13.7. The van der Waals surface area contributed by atoms with E-state index in [9.17, 15) is 5.11 Å². The Morgan fingerprint density at radius 1 is 1.37 bits per heavy atom. The summed E-state index contributed by atoms with van der Waals surface area (Å²) in [6, 6.07) is 7.54. The lowest BCUT2D eigenvalue weighted by Crippen LogP contribution is -2.34. The molecule has 1 aliphatic rings. The first-order valence-electron chi connectivity index (χ1n) is 7.35. The van der Waals surface area contributed by atoms with Gasteiger partial charge in [-0.05, 0) is 56.0 Å². The number of piperidine rings is 1. The molecule has 1 aromatic carbocycles. The first-order valence-corrected chi connectivity index (χ1v) is 7.72. The molecule has 0 aromatic heterocycles. The van der Waals surface area contributed by atoms with Crippen molar-refractivity contribution >= 4 is 11.6 Å². The third-order valence-corrected chi connectivity index (χ3v) is 4.47. The zero-order valence-corrected chi connectivity index (χ0v) is 12.4. The molecule has 0 amide bonds. The van der Waals surface area contributed by atoms with Crippen molar-refractivity contribution in [2.75, 3.05) is 19.6 Å². The number of hydrogen-bond donors (Lipinski definition) is 1. The van der Waals surface area contributed by atoms with E-state index in [-0.39, 0.29) is 0 Å². The Bertz CT molecular complexity index is 388. The Balaban J connectivity index is 1.76. The van der Waals surface area contributed by atoms with Crippen molar-refractivity contribution in [3.63, 3.8) is 0 Å². The van der Waals surface area contributed by atoms with Crippen molar-refractivity contribution in [2.24, 2.45) is 5.92 Å². The van der Waals surface area contributed by atoms with Crippen molar-refractivity contribution in [1.29, 1.82) is 0 Å². The number of nitrogens with zero attached hydrogens (tertiary/aromatic N) is 1. The summed E-state index contributed by atoms with van der Waals surface area (Å²) in [5, 5.41) is 10.9. The summed E-state index contributed by atoms with van der Waals surface area (Å²) in [6.07, 6.45) is 4.31. The first kappa shape index (κ1) is 14.8. The van der Waals surface area contributed by atoms with Gasteiger partial charge in [-0.1, -0.05) is 37.1 Å². The van der Waals surface area contributed by atoms with Crippen LogP contribution in [0.5, 0.6) is 0 Å². The summed E-state index contributed by atoms with van der Waals surface area (Å²) in [5.41, 5.74) is 0.927. The summed E-state index contributed by atoms with van der Waals surface area (Å²) >= 11 is 5.95. The molecule has 0 bridgehead atoms. The highest BCUT2D eigenvalue weighted by atomic mass is 35.5. The SMILES string of the molecule is CCC1CCN(CCC(O)c2cccc(Cl)c2)CC1. The maximum Gasteiger partial charge on any atom is 0.0802 e.